The third-order valence-corrected chi connectivity index (χ3v) is 2.54. The largest absolute Gasteiger partial charge is 0.465 e. The van der Waals surface area contributed by atoms with E-state index in [2.05, 4.69) is 25.7 Å². The van der Waals surface area contributed by atoms with Crippen molar-refractivity contribution in [1.29, 1.82) is 0 Å². The van der Waals surface area contributed by atoms with E-state index in [1.54, 1.807) is 0 Å². The van der Waals surface area contributed by atoms with E-state index < -0.39 is 17.8 Å². The fraction of sp³-hybridized carbons (Fsp3) is 0.300. The van der Waals surface area contributed by atoms with Crippen LogP contribution in [-0.4, -0.2) is 29.9 Å². The van der Waals surface area contributed by atoms with E-state index in [1.165, 1.54) is 19.4 Å². The minimum absolute atomic E-state index is 0.0374. The zero-order valence-corrected chi connectivity index (χ0v) is 11.0. The number of ether oxygens (including phenoxy) is 1. The van der Waals surface area contributed by atoms with Crippen molar-refractivity contribution < 1.29 is 23.1 Å². The second-order valence-corrected chi connectivity index (χ2v) is 4.15. The summed E-state index contributed by atoms with van der Waals surface area (Å²) in [6, 6.07) is 1.19. The molecule has 0 saturated heterocycles. The standard InChI is InChI=1S/C10H9BrF2N2O3/c1-10(12,13)9(17)15-6-3-5(8(16)18-2)4-14-7(6)11/h3-4H,1-2H3,(H,15,17). The van der Waals surface area contributed by atoms with Gasteiger partial charge in [-0.25, -0.2) is 9.78 Å². The Hall–Kier alpha value is -1.57. The molecule has 0 fully saturated rings. The summed E-state index contributed by atoms with van der Waals surface area (Å²) >= 11 is 2.97. The lowest BCUT2D eigenvalue weighted by atomic mass is 10.2. The summed E-state index contributed by atoms with van der Waals surface area (Å²) in [5.41, 5.74) is -0.000144. The number of nitrogens with zero attached hydrogens (tertiary/aromatic N) is 1. The Morgan fingerprint density at radius 3 is 2.61 bits per heavy atom. The zero-order valence-electron chi connectivity index (χ0n) is 9.46. The van der Waals surface area contributed by atoms with Crippen molar-refractivity contribution in [2.75, 3.05) is 12.4 Å². The van der Waals surface area contributed by atoms with E-state index in [0.717, 1.165) is 0 Å². The van der Waals surface area contributed by atoms with E-state index in [-0.39, 0.29) is 15.9 Å². The topological polar surface area (TPSA) is 68.3 Å². The van der Waals surface area contributed by atoms with Crippen LogP contribution in [0.1, 0.15) is 17.3 Å². The van der Waals surface area contributed by atoms with E-state index in [0.29, 0.717) is 6.92 Å². The Morgan fingerprint density at radius 2 is 2.11 bits per heavy atom. The quantitative estimate of drug-likeness (QED) is 0.684. The highest BCUT2D eigenvalue weighted by Crippen LogP contribution is 2.23. The number of carbonyl (C=O) groups is 2. The van der Waals surface area contributed by atoms with Gasteiger partial charge < -0.3 is 10.1 Å². The fourth-order valence-corrected chi connectivity index (χ4v) is 1.31. The number of aromatic nitrogens is 1. The van der Waals surface area contributed by atoms with Crippen LogP contribution in [0.5, 0.6) is 0 Å². The van der Waals surface area contributed by atoms with Gasteiger partial charge in [-0.15, -0.1) is 0 Å². The van der Waals surface area contributed by atoms with Crippen molar-refractivity contribution in [3.63, 3.8) is 0 Å². The molecule has 18 heavy (non-hydrogen) atoms. The van der Waals surface area contributed by atoms with Gasteiger partial charge in [-0.2, -0.15) is 8.78 Å². The second kappa shape index (κ2) is 5.38. The number of alkyl halides is 2. The van der Waals surface area contributed by atoms with Gasteiger partial charge in [-0.1, -0.05) is 0 Å². The number of hydrogen-bond acceptors (Lipinski definition) is 4. The zero-order chi connectivity index (χ0) is 13.9. The molecule has 98 valence electrons. The number of pyridine rings is 1. The van der Waals surface area contributed by atoms with Gasteiger partial charge in [0.25, 0.3) is 5.91 Å². The number of nitrogens with one attached hydrogen (secondary N) is 1. The molecule has 8 heteroatoms. The molecule has 1 amide bonds. The Kier molecular flexibility index (Phi) is 4.33. The molecule has 0 spiro atoms. The lowest BCUT2D eigenvalue weighted by molar-refractivity contribution is -0.137. The number of methoxy groups -OCH3 is 1. The van der Waals surface area contributed by atoms with Crippen LogP contribution in [0.25, 0.3) is 0 Å². The van der Waals surface area contributed by atoms with Gasteiger partial charge in [0.2, 0.25) is 0 Å². The van der Waals surface area contributed by atoms with Crippen molar-refractivity contribution >= 4 is 33.5 Å². The summed E-state index contributed by atoms with van der Waals surface area (Å²) in [4.78, 5) is 26.1. The molecule has 0 bridgehead atoms. The van der Waals surface area contributed by atoms with Crippen LogP contribution in [0.15, 0.2) is 16.9 Å². The number of rotatable bonds is 3. The molecule has 0 atom stereocenters. The Balaban J connectivity index is 3.02. The van der Waals surface area contributed by atoms with Crippen LogP contribution in [-0.2, 0) is 9.53 Å². The molecule has 1 rings (SSSR count). The van der Waals surface area contributed by atoms with Gasteiger partial charge in [-0.05, 0) is 22.0 Å². The van der Waals surface area contributed by atoms with Gasteiger partial charge in [0.15, 0.2) is 0 Å². The molecular weight excluding hydrogens is 314 g/mol. The van der Waals surface area contributed by atoms with Crippen LogP contribution >= 0.6 is 15.9 Å². The van der Waals surface area contributed by atoms with Gasteiger partial charge in [0, 0.05) is 13.1 Å². The van der Waals surface area contributed by atoms with Crippen molar-refractivity contribution in [3.8, 4) is 0 Å². The van der Waals surface area contributed by atoms with Crippen LogP contribution < -0.4 is 5.32 Å². The maximum atomic E-state index is 12.7. The summed E-state index contributed by atoms with van der Waals surface area (Å²) in [5, 5.41) is 1.96. The van der Waals surface area contributed by atoms with Crippen LogP contribution in [0.2, 0.25) is 0 Å². The number of esters is 1. The molecule has 0 saturated carbocycles. The highest BCUT2D eigenvalue weighted by Gasteiger charge is 2.32. The van der Waals surface area contributed by atoms with Crippen LogP contribution in [0, 0.1) is 0 Å². The lowest BCUT2D eigenvalue weighted by Gasteiger charge is -2.12. The SMILES string of the molecule is COC(=O)c1cnc(Br)c(NC(=O)C(C)(F)F)c1. The molecule has 1 aromatic rings. The van der Waals surface area contributed by atoms with E-state index in [9.17, 15) is 18.4 Å². The smallest absolute Gasteiger partial charge is 0.339 e. The number of halogens is 3. The normalized spacial score (nSPS) is 10.9. The first-order valence-electron chi connectivity index (χ1n) is 4.69. The Bertz CT molecular complexity index is 489. The van der Waals surface area contributed by atoms with E-state index in [1.807, 2.05) is 5.32 Å². The van der Waals surface area contributed by atoms with E-state index >= 15 is 0 Å². The fourth-order valence-electron chi connectivity index (χ4n) is 0.997. The van der Waals surface area contributed by atoms with Gasteiger partial charge in [0.1, 0.15) is 4.60 Å². The molecule has 0 unspecified atom stereocenters. The van der Waals surface area contributed by atoms with Crippen molar-refractivity contribution in [2.45, 2.75) is 12.8 Å². The maximum absolute atomic E-state index is 12.7. The van der Waals surface area contributed by atoms with Crippen LogP contribution in [0.3, 0.4) is 0 Å². The number of amides is 1. The molecular formula is C10H9BrF2N2O3. The van der Waals surface area contributed by atoms with Crippen molar-refractivity contribution in [1.82, 2.24) is 4.98 Å². The minimum atomic E-state index is -3.53. The third kappa shape index (κ3) is 3.46. The highest BCUT2D eigenvalue weighted by molar-refractivity contribution is 9.10. The van der Waals surface area contributed by atoms with Crippen molar-refractivity contribution in [3.05, 3.63) is 22.4 Å². The van der Waals surface area contributed by atoms with Crippen LogP contribution in [0.4, 0.5) is 14.5 Å². The molecule has 1 N–H and O–H groups in total. The maximum Gasteiger partial charge on any atom is 0.339 e. The summed E-state index contributed by atoms with van der Waals surface area (Å²) in [5.74, 6) is -5.71. The molecule has 0 aliphatic heterocycles. The number of anilines is 1. The van der Waals surface area contributed by atoms with E-state index in [4.69, 9.17) is 0 Å². The highest BCUT2D eigenvalue weighted by atomic mass is 79.9. The first-order chi connectivity index (χ1) is 8.25. The lowest BCUT2D eigenvalue weighted by Crippen LogP contribution is -2.31. The van der Waals surface area contributed by atoms with Gasteiger partial charge >= 0.3 is 11.9 Å². The molecule has 0 aliphatic carbocycles. The molecule has 0 aliphatic rings. The summed E-state index contributed by atoms with van der Waals surface area (Å²) in [7, 11) is 1.17. The average Bonchev–Trinajstić information content (AvgIpc) is 2.29. The third-order valence-electron chi connectivity index (χ3n) is 1.91. The Labute approximate surface area is 110 Å². The molecule has 1 aromatic heterocycles. The monoisotopic (exact) mass is 322 g/mol. The number of carbonyl (C=O) groups excluding carboxylic acids is 2. The minimum Gasteiger partial charge on any atom is -0.465 e. The predicted molar refractivity (Wildman–Crippen MR) is 62.5 cm³/mol. The first-order valence-corrected chi connectivity index (χ1v) is 5.48. The predicted octanol–water partition coefficient (Wildman–Crippen LogP) is 2.22. The summed E-state index contributed by atoms with van der Waals surface area (Å²) in [6.07, 6.45) is 1.19. The van der Waals surface area contributed by atoms with Gasteiger partial charge in [0.05, 0.1) is 18.4 Å². The van der Waals surface area contributed by atoms with Gasteiger partial charge in [-0.3, -0.25) is 4.79 Å². The number of hydrogen-bond donors (Lipinski definition) is 1. The Morgan fingerprint density at radius 1 is 1.50 bits per heavy atom. The summed E-state index contributed by atoms with van der Waals surface area (Å²) < 4.78 is 30.0. The molecule has 0 radical (unpaired) electrons. The first kappa shape index (κ1) is 14.5. The van der Waals surface area contributed by atoms with Crippen molar-refractivity contribution in [2.24, 2.45) is 0 Å². The second-order valence-electron chi connectivity index (χ2n) is 3.40. The molecule has 5 nitrogen and oxygen atoms in total. The molecule has 0 aromatic carbocycles. The molecule has 1 heterocycles. The average molecular weight is 323 g/mol. The summed E-state index contributed by atoms with van der Waals surface area (Å²) in [6.45, 7) is 0.466.